The Kier molecular flexibility index (Phi) is 5.91. The molecule has 0 saturated carbocycles. The number of carbonyl (C=O) groups is 1. The van der Waals surface area contributed by atoms with Gasteiger partial charge in [-0.25, -0.2) is 14.8 Å². The number of anilines is 1. The largest absolute Gasteiger partial charge is 0.475 e. The van der Waals surface area contributed by atoms with Gasteiger partial charge in [0.1, 0.15) is 5.60 Å². The number of amides is 1. The van der Waals surface area contributed by atoms with Gasteiger partial charge in [0.15, 0.2) is 5.82 Å². The standard InChI is InChI=1S/C21H30N4O3/c1-6-27-19-18(22-16-9-7-8-10-17(16)23-19)24(5)13-15-11-12-25(14-15)20(26)28-21(2,3)4/h7-10,15H,6,11-14H2,1-5H3. The molecule has 0 radical (unpaired) electrons. The highest BCUT2D eigenvalue weighted by molar-refractivity contribution is 5.77. The molecule has 7 heteroatoms. The summed E-state index contributed by atoms with van der Waals surface area (Å²) in [6, 6.07) is 7.79. The molecule has 7 nitrogen and oxygen atoms in total. The second kappa shape index (κ2) is 8.20. The lowest BCUT2D eigenvalue weighted by molar-refractivity contribution is 0.0288. The van der Waals surface area contributed by atoms with Crippen LogP contribution in [-0.2, 0) is 4.74 Å². The van der Waals surface area contributed by atoms with Crippen LogP contribution in [0.15, 0.2) is 24.3 Å². The molecule has 1 amide bonds. The van der Waals surface area contributed by atoms with Crippen LogP contribution in [0.4, 0.5) is 10.6 Å². The van der Waals surface area contributed by atoms with E-state index in [9.17, 15) is 4.79 Å². The molecule has 1 saturated heterocycles. The van der Waals surface area contributed by atoms with Crippen molar-refractivity contribution in [2.75, 3.05) is 38.2 Å². The summed E-state index contributed by atoms with van der Waals surface area (Å²) in [4.78, 5) is 25.6. The van der Waals surface area contributed by atoms with Gasteiger partial charge in [-0.2, -0.15) is 0 Å². The van der Waals surface area contributed by atoms with E-state index in [1.54, 1.807) is 4.90 Å². The van der Waals surface area contributed by atoms with Crippen molar-refractivity contribution >= 4 is 22.9 Å². The number of ether oxygens (including phenoxy) is 2. The number of benzene rings is 1. The number of likely N-dealkylation sites (tertiary alicyclic amines) is 1. The van der Waals surface area contributed by atoms with Crippen molar-refractivity contribution in [3.8, 4) is 5.88 Å². The Morgan fingerprint density at radius 2 is 1.93 bits per heavy atom. The van der Waals surface area contributed by atoms with Gasteiger partial charge in [-0.15, -0.1) is 0 Å². The molecular formula is C21H30N4O3. The van der Waals surface area contributed by atoms with E-state index in [1.165, 1.54) is 0 Å². The fraction of sp³-hybridized carbons (Fsp3) is 0.571. The lowest BCUT2D eigenvalue weighted by Crippen LogP contribution is -2.36. The third-order valence-corrected chi connectivity index (χ3v) is 4.63. The Morgan fingerprint density at radius 1 is 1.25 bits per heavy atom. The second-order valence-corrected chi connectivity index (χ2v) is 8.24. The second-order valence-electron chi connectivity index (χ2n) is 8.24. The van der Waals surface area contributed by atoms with Gasteiger partial charge in [0, 0.05) is 26.7 Å². The third kappa shape index (κ3) is 4.82. The molecule has 0 N–H and O–H groups in total. The van der Waals surface area contributed by atoms with Crippen molar-refractivity contribution in [2.45, 2.75) is 39.7 Å². The summed E-state index contributed by atoms with van der Waals surface area (Å²) < 4.78 is 11.2. The average molecular weight is 386 g/mol. The van der Waals surface area contributed by atoms with Crippen molar-refractivity contribution < 1.29 is 14.3 Å². The van der Waals surface area contributed by atoms with Crippen molar-refractivity contribution in [3.63, 3.8) is 0 Å². The molecule has 1 atom stereocenters. The fourth-order valence-corrected chi connectivity index (χ4v) is 3.40. The van der Waals surface area contributed by atoms with E-state index in [0.29, 0.717) is 24.9 Å². The maximum absolute atomic E-state index is 12.3. The van der Waals surface area contributed by atoms with E-state index in [0.717, 1.165) is 36.4 Å². The molecule has 1 aliphatic rings. The van der Waals surface area contributed by atoms with Crippen LogP contribution in [0.5, 0.6) is 5.88 Å². The number of hydrogen-bond donors (Lipinski definition) is 0. The zero-order chi connectivity index (χ0) is 20.3. The highest BCUT2D eigenvalue weighted by atomic mass is 16.6. The van der Waals surface area contributed by atoms with Crippen LogP contribution in [0.25, 0.3) is 11.0 Å². The summed E-state index contributed by atoms with van der Waals surface area (Å²) in [5.41, 5.74) is 1.19. The number of rotatable bonds is 5. The van der Waals surface area contributed by atoms with Gasteiger partial charge in [-0.3, -0.25) is 0 Å². The number of fused-ring (bicyclic) bond motifs is 1. The normalized spacial score (nSPS) is 17.0. The molecule has 1 aromatic heterocycles. The minimum Gasteiger partial charge on any atom is -0.475 e. The van der Waals surface area contributed by atoms with Crippen molar-refractivity contribution in [2.24, 2.45) is 5.92 Å². The first-order chi connectivity index (χ1) is 13.3. The molecule has 1 fully saturated rings. The SMILES string of the molecule is CCOc1nc2ccccc2nc1N(C)CC1CCN(C(=O)OC(C)(C)C)C1. The Labute approximate surface area is 166 Å². The molecule has 2 aromatic rings. The molecule has 28 heavy (non-hydrogen) atoms. The van der Waals surface area contributed by atoms with E-state index >= 15 is 0 Å². The maximum atomic E-state index is 12.3. The van der Waals surface area contributed by atoms with Gasteiger partial charge in [-0.1, -0.05) is 12.1 Å². The molecule has 1 aliphatic heterocycles. The van der Waals surface area contributed by atoms with E-state index in [2.05, 4.69) is 9.88 Å². The zero-order valence-corrected chi connectivity index (χ0v) is 17.4. The monoisotopic (exact) mass is 386 g/mol. The molecule has 1 aromatic carbocycles. The van der Waals surface area contributed by atoms with Crippen LogP contribution in [-0.4, -0.2) is 59.9 Å². The summed E-state index contributed by atoms with van der Waals surface area (Å²) in [6.45, 7) is 10.3. The predicted octanol–water partition coefficient (Wildman–Crippen LogP) is 3.72. The zero-order valence-electron chi connectivity index (χ0n) is 17.4. The van der Waals surface area contributed by atoms with Crippen LogP contribution >= 0.6 is 0 Å². The lowest BCUT2D eigenvalue weighted by Gasteiger charge is -2.26. The summed E-state index contributed by atoms with van der Waals surface area (Å²) in [6.07, 6.45) is 0.701. The average Bonchev–Trinajstić information content (AvgIpc) is 3.08. The molecule has 0 spiro atoms. The van der Waals surface area contributed by atoms with Gasteiger partial charge < -0.3 is 19.3 Å². The minimum atomic E-state index is -0.473. The molecule has 2 heterocycles. The van der Waals surface area contributed by atoms with Crippen LogP contribution in [0.1, 0.15) is 34.1 Å². The van der Waals surface area contributed by atoms with Gasteiger partial charge in [0.2, 0.25) is 0 Å². The van der Waals surface area contributed by atoms with Crippen LogP contribution in [0.2, 0.25) is 0 Å². The minimum absolute atomic E-state index is 0.238. The molecular weight excluding hydrogens is 356 g/mol. The first kappa shape index (κ1) is 20.2. The van der Waals surface area contributed by atoms with Crippen molar-refractivity contribution in [3.05, 3.63) is 24.3 Å². The summed E-state index contributed by atoms with van der Waals surface area (Å²) in [5.74, 6) is 1.63. The maximum Gasteiger partial charge on any atom is 0.410 e. The number of para-hydroxylation sites is 2. The Morgan fingerprint density at radius 3 is 2.57 bits per heavy atom. The van der Waals surface area contributed by atoms with Gasteiger partial charge in [0.25, 0.3) is 5.88 Å². The van der Waals surface area contributed by atoms with Crippen LogP contribution in [0, 0.1) is 5.92 Å². The molecule has 1 unspecified atom stereocenters. The van der Waals surface area contributed by atoms with Crippen LogP contribution < -0.4 is 9.64 Å². The highest BCUT2D eigenvalue weighted by Crippen LogP contribution is 2.28. The first-order valence-corrected chi connectivity index (χ1v) is 9.85. The number of hydrogen-bond acceptors (Lipinski definition) is 6. The van der Waals surface area contributed by atoms with E-state index < -0.39 is 5.60 Å². The Hall–Kier alpha value is -2.57. The summed E-state index contributed by atoms with van der Waals surface area (Å²) in [5, 5.41) is 0. The summed E-state index contributed by atoms with van der Waals surface area (Å²) >= 11 is 0. The predicted molar refractivity (Wildman–Crippen MR) is 110 cm³/mol. The van der Waals surface area contributed by atoms with E-state index in [1.807, 2.05) is 59.0 Å². The lowest BCUT2D eigenvalue weighted by atomic mass is 10.1. The first-order valence-electron chi connectivity index (χ1n) is 9.85. The summed E-state index contributed by atoms with van der Waals surface area (Å²) in [7, 11) is 2.00. The van der Waals surface area contributed by atoms with Crippen LogP contribution in [0.3, 0.4) is 0 Å². The van der Waals surface area contributed by atoms with E-state index in [4.69, 9.17) is 14.5 Å². The highest BCUT2D eigenvalue weighted by Gasteiger charge is 2.31. The molecule has 152 valence electrons. The van der Waals surface area contributed by atoms with E-state index in [-0.39, 0.29) is 6.09 Å². The third-order valence-electron chi connectivity index (χ3n) is 4.63. The van der Waals surface area contributed by atoms with Crippen molar-refractivity contribution in [1.29, 1.82) is 0 Å². The quantitative estimate of drug-likeness (QED) is 0.780. The van der Waals surface area contributed by atoms with Gasteiger partial charge in [-0.05, 0) is 52.2 Å². The van der Waals surface area contributed by atoms with Gasteiger partial charge in [0.05, 0.1) is 17.6 Å². The molecule has 0 bridgehead atoms. The molecule has 3 rings (SSSR count). The Balaban J connectivity index is 1.70. The number of nitrogens with zero attached hydrogens (tertiary/aromatic N) is 4. The van der Waals surface area contributed by atoms with Gasteiger partial charge >= 0.3 is 6.09 Å². The van der Waals surface area contributed by atoms with Crippen molar-refractivity contribution in [1.82, 2.24) is 14.9 Å². The topological polar surface area (TPSA) is 67.8 Å². The number of aromatic nitrogens is 2. The number of carbonyl (C=O) groups excluding carboxylic acids is 1. The molecule has 0 aliphatic carbocycles. The Bertz CT molecular complexity index is 834. The smallest absolute Gasteiger partial charge is 0.410 e. The fourth-order valence-electron chi connectivity index (χ4n) is 3.40.